The molecule has 2 aromatic carbocycles. The third kappa shape index (κ3) is 4.09. The average molecular weight is 420 g/mol. The van der Waals surface area contributed by atoms with E-state index in [4.69, 9.17) is 16.6 Å². The highest BCUT2D eigenvalue weighted by molar-refractivity contribution is 7.18. The van der Waals surface area contributed by atoms with E-state index in [9.17, 15) is 10.1 Å². The molecule has 0 fully saturated rings. The van der Waals surface area contributed by atoms with Gasteiger partial charge < -0.3 is 0 Å². The largest absolute Gasteiger partial charge is 0.291 e. The fraction of sp³-hybridized carbons (Fsp3) is 0.174. The molecule has 144 valence electrons. The normalized spacial score (nSPS) is 10.9. The van der Waals surface area contributed by atoms with Gasteiger partial charge in [-0.2, -0.15) is 5.26 Å². The van der Waals surface area contributed by atoms with Crippen LogP contribution in [0, 0.1) is 11.3 Å². The van der Waals surface area contributed by atoms with Crippen LogP contribution in [0.15, 0.2) is 59.4 Å². The maximum absolute atomic E-state index is 13.3. The second-order valence-electron chi connectivity index (χ2n) is 6.82. The molecule has 4 aromatic rings. The summed E-state index contributed by atoms with van der Waals surface area (Å²) in [7, 11) is 0. The quantitative estimate of drug-likeness (QED) is 0.447. The number of nitrogens with zero attached hydrogens (tertiary/aromatic N) is 3. The molecule has 0 amide bonds. The smallest absolute Gasteiger partial charge is 0.262 e. The molecule has 0 aliphatic carbocycles. The Kier molecular flexibility index (Phi) is 5.48. The van der Waals surface area contributed by atoms with Crippen molar-refractivity contribution in [3.8, 4) is 6.07 Å². The Morgan fingerprint density at radius 1 is 1.14 bits per heavy atom. The first kappa shape index (κ1) is 19.4. The lowest BCUT2D eigenvalue weighted by Crippen LogP contribution is -2.25. The molecule has 0 aliphatic rings. The molecule has 4 rings (SSSR count). The molecule has 0 bridgehead atoms. The van der Waals surface area contributed by atoms with Crippen LogP contribution in [0.4, 0.5) is 0 Å². The topological polar surface area (TPSA) is 58.7 Å². The van der Waals surface area contributed by atoms with Crippen molar-refractivity contribution < 1.29 is 0 Å². The first-order valence-corrected chi connectivity index (χ1v) is 10.5. The SMILES string of the molecule is CCc1cc2c(=O)n(Cc3cccc(C#N)c3)c(Cc3cccc(Cl)c3)nc2s1. The maximum Gasteiger partial charge on any atom is 0.262 e. The predicted molar refractivity (Wildman–Crippen MR) is 118 cm³/mol. The summed E-state index contributed by atoms with van der Waals surface area (Å²) in [6.45, 7) is 2.44. The summed E-state index contributed by atoms with van der Waals surface area (Å²) < 4.78 is 1.71. The minimum Gasteiger partial charge on any atom is -0.291 e. The zero-order chi connectivity index (χ0) is 20.4. The summed E-state index contributed by atoms with van der Waals surface area (Å²) in [5.74, 6) is 0.691. The summed E-state index contributed by atoms with van der Waals surface area (Å²) in [5, 5.41) is 10.5. The van der Waals surface area contributed by atoms with Gasteiger partial charge in [0.2, 0.25) is 0 Å². The number of benzene rings is 2. The molecular weight excluding hydrogens is 402 g/mol. The van der Waals surface area contributed by atoms with Gasteiger partial charge in [-0.15, -0.1) is 11.3 Å². The van der Waals surface area contributed by atoms with Crippen LogP contribution in [-0.4, -0.2) is 9.55 Å². The zero-order valence-electron chi connectivity index (χ0n) is 15.9. The highest BCUT2D eigenvalue weighted by atomic mass is 35.5. The van der Waals surface area contributed by atoms with Crippen LogP contribution in [0.1, 0.15) is 34.3 Å². The molecule has 2 aromatic heterocycles. The van der Waals surface area contributed by atoms with Crippen molar-refractivity contribution >= 4 is 33.2 Å². The van der Waals surface area contributed by atoms with Crippen molar-refractivity contribution in [3.05, 3.63) is 97.4 Å². The zero-order valence-corrected chi connectivity index (χ0v) is 17.4. The van der Waals surface area contributed by atoms with Gasteiger partial charge in [-0.3, -0.25) is 9.36 Å². The Bertz CT molecular complexity index is 1300. The van der Waals surface area contributed by atoms with E-state index in [2.05, 4.69) is 13.0 Å². The molecule has 6 heteroatoms. The molecule has 0 saturated heterocycles. The second kappa shape index (κ2) is 8.20. The Morgan fingerprint density at radius 3 is 2.69 bits per heavy atom. The van der Waals surface area contributed by atoms with Gasteiger partial charge in [0.25, 0.3) is 5.56 Å². The van der Waals surface area contributed by atoms with Crippen LogP contribution in [0.25, 0.3) is 10.2 Å². The van der Waals surface area contributed by atoms with Crippen LogP contribution in [0.2, 0.25) is 5.02 Å². The minimum atomic E-state index is -0.0506. The molecule has 0 radical (unpaired) electrons. The number of halogens is 1. The van der Waals surface area contributed by atoms with Gasteiger partial charge in [-0.25, -0.2) is 4.98 Å². The average Bonchev–Trinajstić information content (AvgIpc) is 3.14. The molecule has 2 heterocycles. The third-order valence-electron chi connectivity index (χ3n) is 4.78. The van der Waals surface area contributed by atoms with Crippen LogP contribution in [-0.2, 0) is 19.4 Å². The number of fused-ring (bicyclic) bond motifs is 1. The number of hydrogen-bond acceptors (Lipinski definition) is 4. The molecular formula is C23H18ClN3OS. The first-order valence-electron chi connectivity index (χ1n) is 9.33. The van der Waals surface area contributed by atoms with Crippen molar-refractivity contribution in [1.82, 2.24) is 9.55 Å². The monoisotopic (exact) mass is 419 g/mol. The van der Waals surface area contributed by atoms with E-state index in [1.807, 2.05) is 48.5 Å². The van der Waals surface area contributed by atoms with Crippen molar-refractivity contribution in [2.75, 3.05) is 0 Å². The number of thiophene rings is 1. The molecule has 4 nitrogen and oxygen atoms in total. The van der Waals surface area contributed by atoms with Crippen LogP contribution in [0.5, 0.6) is 0 Å². The summed E-state index contributed by atoms with van der Waals surface area (Å²) in [6.07, 6.45) is 1.37. The maximum atomic E-state index is 13.3. The van der Waals surface area contributed by atoms with Crippen molar-refractivity contribution in [2.24, 2.45) is 0 Å². The number of rotatable bonds is 5. The third-order valence-corrected chi connectivity index (χ3v) is 6.19. The van der Waals surface area contributed by atoms with Crippen LogP contribution in [0.3, 0.4) is 0 Å². The van der Waals surface area contributed by atoms with E-state index in [1.165, 1.54) is 0 Å². The second-order valence-corrected chi connectivity index (χ2v) is 8.37. The number of aryl methyl sites for hydroxylation is 1. The molecule has 0 spiro atoms. The van der Waals surface area contributed by atoms with E-state index >= 15 is 0 Å². The van der Waals surface area contributed by atoms with Gasteiger partial charge in [-0.05, 0) is 47.9 Å². The fourth-order valence-electron chi connectivity index (χ4n) is 3.33. The molecule has 0 N–H and O–H groups in total. The lowest BCUT2D eigenvalue weighted by molar-refractivity contribution is 0.694. The Balaban J connectivity index is 1.85. The first-order chi connectivity index (χ1) is 14.1. The van der Waals surface area contributed by atoms with Gasteiger partial charge >= 0.3 is 0 Å². The summed E-state index contributed by atoms with van der Waals surface area (Å²) in [5.41, 5.74) is 2.41. The van der Waals surface area contributed by atoms with Crippen molar-refractivity contribution in [2.45, 2.75) is 26.3 Å². The minimum absolute atomic E-state index is 0.0506. The lowest BCUT2D eigenvalue weighted by Gasteiger charge is -2.13. The number of nitriles is 1. The number of hydrogen-bond donors (Lipinski definition) is 0. The van der Waals surface area contributed by atoms with E-state index in [-0.39, 0.29) is 5.56 Å². The molecule has 0 unspecified atom stereocenters. The lowest BCUT2D eigenvalue weighted by atomic mass is 10.1. The van der Waals surface area contributed by atoms with Crippen LogP contribution < -0.4 is 5.56 Å². The predicted octanol–water partition coefficient (Wildman–Crippen LogP) is 5.18. The Morgan fingerprint density at radius 2 is 1.93 bits per heavy atom. The number of aromatic nitrogens is 2. The van der Waals surface area contributed by atoms with Gasteiger partial charge in [0.05, 0.1) is 23.6 Å². The Labute approximate surface area is 177 Å². The summed E-state index contributed by atoms with van der Waals surface area (Å²) in [4.78, 5) is 20.1. The van der Waals surface area contributed by atoms with Gasteiger partial charge in [-0.1, -0.05) is 42.8 Å². The van der Waals surface area contributed by atoms with E-state index in [0.717, 1.165) is 27.3 Å². The molecule has 29 heavy (non-hydrogen) atoms. The molecule has 0 atom stereocenters. The van der Waals surface area contributed by atoms with Crippen molar-refractivity contribution in [3.63, 3.8) is 0 Å². The van der Waals surface area contributed by atoms with Gasteiger partial charge in [0, 0.05) is 16.3 Å². The van der Waals surface area contributed by atoms with E-state index in [0.29, 0.717) is 34.8 Å². The molecule has 0 saturated carbocycles. The Hall–Kier alpha value is -2.94. The summed E-state index contributed by atoms with van der Waals surface area (Å²) >= 11 is 7.71. The molecule has 0 aliphatic heterocycles. The fourth-order valence-corrected chi connectivity index (χ4v) is 4.52. The van der Waals surface area contributed by atoms with Gasteiger partial charge in [0.1, 0.15) is 10.7 Å². The van der Waals surface area contributed by atoms with Crippen LogP contribution >= 0.6 is 22.9 Å². The van der Waals surface area contributed by atoms with Crippen molar-refractivity contribution in [1.29, 1.82) is 5.26 Å². The highest BCUT2D eigenvalue weighted by Crippen LogP contribution is 2.23. The van der Waals surface area contributed by atoms with E-state index in [1.54, 1.807) is 22.0 Å². The summed E-state index contributed by atoms with van der Waals surface area (Å²) in [6, 6.07) is 19.0. The highest BCUT2D eigenvalue weighted by Gasteiger charge is 2.15. The van der Waals surface area contributed by atoms with E-state index < -0.39 is 0 Å². The standard InChI is InChI=1S/C23H18ClN3OS/c1-2-19-12-20-22(29-19)26-21(11-15-5-4-8-18(24)10-15)27(23(20)28)14-17-7-3-6-16(9-17)13-25/h3-10,12H,2,11,14H2,1H3. The van der Waals surface area contributed by atoms with Gasteiger partial charge in [0.15, 0.2) is 0 Å².